The van der Waals surface area contributed by atoms with E-state index in [1.807, 2.05) is 0 Å². The zero-order valence-electron chi connectivity index (χ0n) is 13.0. The lowest BCUT2D eigenvalue weighted by Gasteiger charge is -2.14. The summed E-state index contributed by atoms with van der Waals surface area (Å²) in [5.41, 5.74) is -0.769. The summed E-state index contributed by atoms with van der Waals surface area (Å²) in [6, 6.07) is 4.80. The largest absolute Gasteiger partial charge is 0.481 e. The molecule has 0 unspecified atom stereocenters. The second-order valence-corrected chi connectivity index (χ2v) is 4.45. The first kappa shape index (κ1) is 18.4. The molecule has 0 bridgehead atoms. The number of pyridine rings is 1. The number of halogens is 3. The molecular weight excluding hydrogens is 307 g/mol. The lowest BCUT2D eigenvalue weighted by atomic mass is 10.1. The predicted molar refractivity (Wildman–Crippen MR) is 80.5 cm³/mol. The minimum Gasteiger partial charge on any atom is -0.481 e. The Morgan fingerprint density at radius 2 is 2.00 bits per heavy atom. The summed E-state index contributed by atoms with van der Waals surface area (Å²) < 4.78 is 44.9. The van der Waals surface area contributed by atoms with Crippen molar-refractivity contribution in [1.82, 2.24) is 4.98 Å². The number of nitrogens with zero attached hydrogens (tertiary/aromatic N) is 3. The third-order valence-electron chi connectivity index (χ3n) is 2.86. The highest BCUT2D eigenvalue weighted by Gasteiger charge is 2.40. The van der Waals surface area contributed by atoms with Gasteiger partial charge in [0.05, 0.1) is 18.8 Å². The summed E-state index contributed by atoms with van der Waals surface area (Å²) in [5, 5.41) is 9.02. The molecule has 0 aliphatic carbocycles. The number of allylic oxidation sites excluding steroid dienone is 3. The number of hydrogen-bond donors (Lipinski definition) is 0. The van der Waals surface area contributed by atoms with E-state index in [1.165, 1.54) is 18.5 Å². The molecule has 23 heavy (non-hydrogen) atoms. The van der Waals surface area contributed by atoms with Crippen LogP contribution in [0.15, 0.2) is 52.6 Å². The van der Waals surface area contributed by atoms with E-state index in [0.717, 1.165) is 7.11 Å². The highest BCUT2D eigenvalue weighted by atomic mass is 19.4. The summed E-state index contributed by atoms with van der Waals surface area (Å²) in [5.74, 6) is -0.645. The van der Waals surface area contributed by atoms with Gasteiger partial charge < -0.3 is 4.74 Å². The Kier molecular flexibility index (Phi) is 6.51. The van der Waals surface area contributed by atoms with Gasteiger partial charge in [-0.25, -0.2) is 4.99 Å². The van der Waals surface area contributed by atoms with Gasteiger partial charge in [-0.05, 0) is 31.0 Å². The average molecular weight is 323 g/mol. The maximum atomic E-state index is 13.4. The van der Waals surface area contributed by atoms with Gasteiger partial charge in [0.2, 0.25) is 5.88 Å². The van der Waals surface area contributed by atoms with Crippen molar-refractivity contribution in [2.75, 3.05) is 7.11 Å². The van der Waals surface area contributed by atoms with Crippen LogP contribution in [0.3, 0.4) is 0 Å². The lowest BCUT2D eigenvalue weighted by Crippen LogP contribution is -2.17. The molecule has 0 radical (unpaired) electrons. The van der Waals surface area contributed by atoms with Crippen molar-refractivity contribution in [3.8, 4) is 6.07 Å². The van der Waals surface area contributed by atoms with Crippen molar-refractivity contribution in [1.29, 1.82) is 5.26 Å². The molecule has 1 heterocycles. The highest BCUT2D eigenvalue weighted by molar-refractivity contribution is 5.99. The molecule has 1 rings (SSSR count). The second-order valence-electron chi connectivity index (χ2n) is 4.45. The Labute approximate surface area is 132 Å². The predicted octanol–water partition coefficient (Wildman–Crippen LogP) is 4.17. The Bertz CT molecular complexity index is 668. The zero-order chi connectivity index (χ0) is 17.5. The van der Waals surface area contributed by atoms with E-state index >= 15 is 0 Å². The van der Waals surface area contributed by atoms with Gasteiger partial charge in [-0.15, -0.1) is 0 Å². The SMILES string of the molecule is CC/C=C(C#N)/C(=C(\N=C(C)c1ccncc1)OC)C(F)(F)F. The normalized spacial score (nSPS) is 14.1. The van der Waals surface area contributed by atoms with Crippen LogP contribution < -0.4 is 0 Å². The van der Waals surface area contributed by atoms with E-state index in [-0.39, 0.29) is 6.42 Å². The summed E-state index contributed by atoms with van der Waals surface area (Å²) in [6.45, 7) is 3.20. The summed E-state index contributed by atoms with van der Waals surface area (Å²) in [7, 11) is 1.09. The molecule has 0 saturated heterocycles. The Morgan fingerprint density at radius 3 is 2.43 bits per heavy atom. The van der Waals surface area contributed by atoms with Crippen molar-refractivity contribution < 1.29 is 17.9 Å². The smallest absolute Gasteiger partial charge is 0.422 e. The minimum absolute atomic E-state index is 0.284. The molecular formula is C16H16F3N3O. The van der Waals surface area contributed by atoms with E-state index < -0.39 is 23.2 Å². The molecule has 0 spiro atoms. The van der Waals surface area contributed by atoms with Crippen LogP contribution in [0.4, 0.5) is 13.2 Å². The van der Waals surface area contributed by atoms with Crippen LogP contribution in [0, 0.1) is 11.3 Å². The van der Waals surface area contributed by atoms with Gasteiger partial charge in [0, 0.05) is 18.1 Å². The Balaban J connectivity index is 3.53. The molecule has 1 aromatic heterocycles. The fraction of sp³-hybridized carbons (Fsp3) is 0.312. The van der Waals surface area contributed by atoms with E-state index in [2.05, 4.69) is 9.98 Å². The average Bonchev–Trinajstić information content (AvgIpc) is 2.52. The monoisotopic (exact) mass is 323 g/mol. The maximum absolute atomic E-state index is 13.4. The zero-order valence-corrected chi connectivity index (χ0v) is 13.0. The number of aromatic nitrogens is 1. The van der Waals surface area contributed by atoms with Crippen LogP contribution in [0.5, 0.6) is 0 Å². The molecule has 0 atom stereocenters. The summed E-state index contributed by atoms with van der Waals surface area (Å²) in [4.78, 5) is 7.75. The van der Waals surface area contributed by atoms with Crippen LogP contribution in [0.25, 0.3) is 0 Å². The molecule has 0 fully saturated rings. The Morgan fingerprint density at radius 1 is 1.39 bits per heavy atom. The number of aliphatic imine (C=N–C) groups is 1. The van der Waals surface area contributed by atoms with Gasteiger partial charge in [-0.3, -0.25) is 4.98 Å². The first-order valence-corrected chi connectivity index (χ1v) is 6.76. The van der Waals surface area contributed by atoms with Gasteiger partial charge in [0.1, 0.15) is 5.57 Å². The summed E-state index contributed by atoms with van der Waals surface area (Å²) >= 11 is 0. The number of hydrogen-bond acceptors (Lipinski definition) is 4. The first-order valence-electron chi connectivity index (χ1n) is 6.76. The van der Waals surface area contributed by atoms with Crippen molar-refractivity contribution in [3.05, 3.63) is 53.2 Å². The number of rotatable bonds is 5. The molecule has 4 nitrogen and oxygen atoms in total. The standard InChI is InChI=1S/C16H16F3N3O/c1-4-5-13(10-20)14(16(17,18)19)15(23-3)22-11(2)12-6-8-21-9-7-12/h5-9H,4H2,1-3H3/b13-5+,15-14-,22-11?. The van der Waals surface area contributed by atoms with Crippen molar-refractivity contribution >= 4 is 5.71 Å². The molecule has 7 heteroatoms. The molecule has 122 valence electrons. The van der Waals surface area contributed by atoms with E-state index in [1.54, 1.807) is 32.0 Å². The highest BCUT2D eigenvalue weighted by Crippen LogP contribution is 2.34. The van der Waals surface area contributed by atoms with Crippen molar-refractivity contribution in [3.63, 3.8) is 0 Å². The van der Waals surface area contributed by atoms with Gasteiger partial charge in [-0.1, -0.05) is 13.0 Å². The van der Waals surface area contributed by atoms with Crippen molar-refractivity contribution in [2.45, 2.75) is 26.4 Å². The quantitative estimate of drug-likeness (QED) is 0.354. The molecule has 0 aliphatic heterocycles. The fourth-order valence-corrected chi connectivity index (χ4v) is 1.81. The fourth-order valence-electron chi connectivity index (χ4n) is 1.81. The van der Waals surface area contributed by atoms with E-state index in [0.29, 0.717) is 11.3 Å². The Hall–Kier alpha value is -2.62. The third kappa shape index (κ3) is 4.95. The van der Waals surface area contributed by atoms with Gasteiger partial charge in [0.25, 0.3) is 0 Å². The third-order valence-corrected chi connectivity index (χ3v) is 2.86. The van der Waals surface area contributed by atoms with Crippen LogP contribution in [0.2, 0.25) is 0 Å². The van der Waals surface area contributed by atoms with Gasteiger partial charge in [-0.2, -0.15) is 18.4 Å². The molecule has 1 aromatic rings. The van der Waals surface area contributed by atoms with Crippen LogP contribution in [0.1, 0.15) is 25.8 Å². The van der Waals surface area contributed by atoms with Crippen LogP contribution in [-0.4, -0.2) is 24.0 Å². The molecule has 0 amide bonds. The minimum atomic E-state index is -4.76. The molecule has 0 N–H and O–H groups in total. The maximum Gasteiger partial charge on any atom is 0.422 e. The van der Waals surface area contributed by atoms with Crippen LogP contribution >= 0.6 is 0 Å². The first-order chi connectivity index (χ1) is 10.8. The summed E-state index contributed by atoms with van der Waals surface area (Å²) in [6.07, 6.45) is -0.268. The lowest BCUT2D eigenvalue weighted by molar-refractivity contribution is -0.0921. The number of methoxy groups -OCH3 is 1. The van der Waals surface area contributed by atoms with Gasteiger partial charge >= 0.3 is 6.18 Å². The van der Waals surface area contributed by atoms with Crippen molar-refractivity contribution in [2.24, 2.45) is 4.99 Å². The number of alkyl halides is 3. The van der Waals surface area contributed by atoms with E-state index in [9.17, 15) is 13.2 Å². The number of nitriles is 1. The molecule has 0 aliphatic rings. The second kappa shape index (κ2) is 8.13. The number of ether oxygens (including phenoxy) is 1. The van der Waals surface area contributed by atoms with E-state index in [4.69, 9.17) is 10.00 Å². The van der Waals surface area contributed by atoms with Gasteiger partial charge in [0.15, 0.2) is 0 Å². The topological polar surface area (TPSA) is 58.3 Å². The van der Waals surface area contributed by atoms with Crippen LogP contribution in [-0.2, 0) is 4.74 Å². The molecule has 0 saturated carbocycles. The molecule has 0 aromatic carbocycles.